The van der Waals surface area contributed by atoms with Crippen molar-refractivity contribution >= 4 is 11.6 Å². The highest BCUT2D eigenvalue weighted by Gasteiger charge is 2.28. The third kappa shape index (κ3) is 5.54. The maximum absolute atomic E-state index is 6.18. The highest BCUT2D eigenvalue weighted by molar-refractivity contribution is 5.80. The van der Waals surface area contributed by atoms with Crippen LogP contribution in [0, 0.1) is 5.92 Å². The molecule has 2 aromatic rings. The molecule has 1 N–H and O–H groups in total. The minimum Gasteiger partial charge on any atom is -0.497 e. The fourth-order valence-electron chi connectivity index (χ4n) is 4.64. The summed E-state index contributed by atoms with van der Waals surface area (Å²) in [5.41, 5.74) is 2.52. The van der Waals surface area contributed by atoms with Gasteiger partial charge in [-0.2, -0.15) is 0 Å². The van der Waals surface area contributed by atoms with Gasteiger partial charge in [0.1, 0.15) is 5.75 Å². The molecule has 172 valence electrons. The summed E-state index contributed by atoms with van der Waals surface area (Å²) in [7, 11) is 1.71. The van der Waals surface area contributed by atoms with Gasteiger partial charge in [0.25, 0.3) is 0 Å². The van der Waals surface area contributed by atoms with Crippen LogP contribution in [0.15, 0.2) is 59.6 Å². The van der Waals surface area contributed by atoms with E-state index in [9.17, 15) is 0 Å². The van der Waals surface area contributed by atoms with Crippen molar-refractivity contribution in [2.24, 2.45) is 10.9 Å². The molecule has 32 heavy (non-hydrogen) atoms. The van der Waals surface area contributed by atoms with E-state index in [1.165, 1.54) is 11.3 Å². The second-order valence-corrected chi connectivity index (χ2v) is 8.47. The Bertz CT molecular complexity index is 848. The summed E-state index contributed by atoms with van der Waals surface area (Å²) in [6.07, 6.45) is 2.41. The smallest absolute Gasteiger partial charge is 0.194 e. The number of aliphatic imine (C=N–C) groups is 1. The number of anilines is 1. The topological polar surface area (TPSA) is 49.3 Å². The van der Waals surface area contributed by atoms with Crippen molar-refractivity contribution in [1.82, 2.24) is 10.2 Å². The predicted octanol–water partition coefficient (Wildman–Crippen LogP) is 3.95. The lowest BCUT2D eigenvalue weighted by atomic mass is 9.89. The van der Waals surface area contributed by atoms with E-state index in [1.54, 1.807) is 7.11 Å². The van der Waals surface area contributed by atoms with Gasteiger partial charge in [-0.05, 0) is 49.6 Å². The average molecular weight is 437 g/mol. The normalized spacial score (nSPS) is 22.0. The standard InChI is InChI=1S/C26H36N4O2/c1-3-27-26(28-20-22-10-7-19-32-25(22)21-8-5-4-6-9-21)30-17-15-29(16-18-30)23-11-13-24(31-2)14-12-23/h4-6,8-9,11-14,22,25H,3,7,10,15-20H2,1-2H3,(H,27,28). The fraction of sp³-hybridized carbons (Fsp3) is 0.500. The third-order valence-corrected chi connectivity index (χ3v) is 6.40. The Morgan fingerprint density at radius 1 is 1.06 bits per heavy atom. The molecule has 0 spiro atoms. The number of ether oxygens (including phenoxy) is 2. The summed E-state index contributed by atoms with van der Waals surface area (Å²) in [5, 5.41) is 3.52. The molecule has 0 bridgehead atoms. The Hall–Kier alpha value is -2.73. The zero-order chi connectivity index (χ0) is 22.2. The number of hydrogen-bond acceptors (Lipinski definition) is 4. The summed E-state index contributed by atoms with van der Waals surface area (Å²) in [6, 6.07) is 19.0. The van der Waals surface area contributed by atoms with Crippen LogP contribution in [0.5, 0.6) is 5.75 Å². The van der Waals surface area contributed by atoms with Gasteiger partial charge in [-0.25, -0.2) is 0 Å². The molecule has 6 nitrogen and oxygen atoms in total. The van der Waals surface area contributed by atoms with Gasteiger partial charge in [-0.15, -0.1) is 0 Å². The Labute approximate surface area is 192 Å². The number of rotatable bonds is 6. The van der Waals surface area contributed by atoms with E-state index in [0.717, 1.165) is 70.4 Å². The third-order valence-electron chi connectivity index (χ3n) is 6.40. The van der Waals surface area contributed by atoms with Gasteiger partial charge in [-0.3, -0.25) is 4.99 Å². The maximum atomic E-state index is 6.18. The molecule has 0 aliphatic carbocycles. The van der Waals surface area contributed by atoms with E-state index in [4.69, 9.17) is 14.5 Å². The first-order valence-corrected chi connectivity index (χ1v) is 11.9. The summed E-state index contributed by atoms with van der Waals surface area (Å²) in [4.78, 5) is 9.90. The van der Waals surface area contributed by atoms with Crippen molar-refractivity contribution in [2.75, 3.05) is 57.9 Å². The molecule has 0 amide bonds. The van der Waals surface area contributed by atoms with E-state index in [2.05, 4.69) is 64.5 Å². The van der Waals surface area contributed by atoms with Crippen LogP contribution >= 0.6 is 0 Å². The van der Waals surface area contributed by atoms with Crippen LogP contribution in [0.2, 0.25) is 0 Å². The molecule has 2 unspecified atom stereocenters. The van der Waals surface area contributed by atoms with Crippen LogP contribution in [-0.4, -0.2) is 63.8 Å². The number of piperazine rings is 1. The number of guanidine groups is 1. The molecule has 2 aliphatic heterocycles. The molecule has 2 saturated heterocycles. The summed E-state index contributed by atoms with van der Waals surface area (Å²) in [6.45, 7) is 8.53. The monoisotopic (exact) mass is 436 g/mol. The van der Waals surface area contributed by atoms with E-state index in [-0.39, 0.29) is 6.10 Å². The zero-order valence-corrected chi connectivity index (χ0v) is 19.4. The van der Waals surface area contributed by atoms with Crippen LogP contribution in [0.25, 0.3) is 0 Å². The van der Waals surface area contributed by atoms with Gasteiger partial charge in [-0.1, -0.05) is 30.3 Å². The number of nitrogens with zero attached hydrogens (tertiary/aromatic N) is 3. The number of methoxy groups -OCH3 is 1. The quantitative estimate of drug-likeness (QED) is 0.549. The SMILES string of the molecule is CCNC(=NCC1CCCOC1c1ccccc1)N1CCN(c2ccc(OC)cc2)CC1. The van der Waals surface area contributed by atoms with Gasteiger partial charge in [0, 0.05) is 57.5 Å². The van der Waals surface area contributed by atoms with Gasteiger partial charge in [0.15, 0.2) is 5.96 Å². The highest BCUT2D eigenvalue weighted by Crippen LogP contribution is 2.33. The van der Waals surface area contributed by atoms with Crippen LogP contribution in [0.1, 0.15) is 31.4 Å². The maximum Gasteiger partial charge on any atom is 0.194 e. The average Bonchev–Trinajstić information content (AvgIpc) is 2.87. The second kappa shape index (κ2) is 11.2. The summed E-state index contributed by atoms with van der Waals surface area (Å²) >= 11 is 0. The molecule has 2 aromatic carbocycles. The molecule has 0 radical (unpaired) electrons. The Kier molecular flexibility index (Phi) is 7.88. The summed E-state index contributed by atoms with van der Waals surface area (Å²) in [5.74, 6) is 2.34. The van der Waals surface area contributed by atoms with Gasteiger partial charge < -0.3 is 24.6 Å². The lowest BCUT2D eigenvalue weighted by Crippen LogP contribution is -2.52. The summed E-state index contributed by atoms with van der Waals surface area (Å²) < 4.78 is 11.5. The van der Waals surface area contributed by atoms with Crippen LogP contribution in [-0.2, 0) is 4.74 Å². The molecule has 0 saturated carbocycles. The molecule has 2 aliphatic rings. The number of hydrogen-bond donors (Lipinski definition) is 1. The van der Waals surface area contributed by atoms with Crippen molar-refractivity contribution in [2.45, 2.75) is 25.9 Å². The van der Waals surface area contributed by atoms with Crippen molar-refractivity contribution in [1.29, 1.82) is 0 Å². The minimum absolute atomic E-state index is 0.142. The van der Waals surface area contributed by atoms with E-state index in [0.29, 0.717) is 5.92 Å². The highest BCUT2D eigenvalue weighted by atomic mass is 16.5. The van der Waals surface area contributed by atoms with Crippen LogP contribution in [0.4, 0.5) is 5.69 Å². The zero-order valence-electron chi connectivity index (χ0n) is 19.4. The molecule has 4 rings (SSSR count). The first-order chi connectivity index (χ1) is 15.8. The second-order valence-electron chi connectivity index (χ2n) is 8.47. The molecule has 6 heteroatoms. The van der Waals surface area contributed by atoms with Crippen molar-refractivity contribution in [3.05, 3.63) is 60.2 Å². The Balaban J connectivity index is 1.38. The van der Waals surface area contributed by atoms with Crippen LogP contribution < -0.4 is 15.0 Å². The molecular weight excluding hydrogens is 400 g/mol. The predicted molar refractivity (Wildman–Crippen MR) is 131 cm³/mol. The van der Waals surface area contributed by atoms with Gasteiger partial charge >= 0.3 is 0 Å². The van der Waals surface area contributed by atoms with Crippen molar-refractivity contribution < 1.29 is 9.47 Å². The Morgan fingerprint density at radius 3 is 2.50 bits per heavy atom. The lowest BCUT2D eigenvalue weighted by Gasteiger charge is -2.38. The molecule has 2 atom stereocenters. The van der Waals surface area contributed by atoms with Gasteiger partial charge in [0.2, 0.25) is 0 Å². The lowest BCUT2D eigenvalue weighted by molar-refractivity contribution is -0.0250. The number of benzene rings is 2. The van der Waals surface area contributed by atoms with E-state index < -0.39 is 0 Å². The molecular formula is C26H36N4O2. The minimum atomic E-state index is 0.142. The first kappa shape index (κ1) is 22.5. The molecule has 0 aromatic heterocycles. The number of nitrogens with one attached hydrogen (secondary N) is 1. The van der Waals surface area contributed by atoms with E-state index >= 15 is 0 Å². The van der Waals surface area contributed by atoms with Crippen molar-refractivity contribution in [3.63, 3.8) is 0 Å². The van der Waals surface area contributed by atoms with E-state index in [1.807, 2.05) is 12.1 Å². The molecule has 2 heterocycles. The Morgan fingerprint density at radius 2 is 1.81 bits per heavy atom. The van der Waals surface area contributed by atoms with Gasteiger partial charge in [0.05, 0.1) is 13.2 Å². The van der Waals surface area contributed by atoms with Crippen LogP contribution in [0.3, 0.4) is 0 Å². The fourth-order valence-corrected chi connectivity index (χ4v) is 4.64. The van der Waals surface area contributed by atoms with Crippen molar-refractivity contribution in [3.8, 4) is 5.75 Å². The first-order valence-electron chi connectivity index (χ1n) is 11.9. The molecule has 2 fully saturated rings. The largest absolute Gasteiger partial charge is 0.497 e.